The van der Waals surface area contributed by atoms with Crippen LogP contribution in [0.2, 0.25) is 0 Å². The number of para-hydroxylation sites is 1. The van der Waals surface area contributed by atoms with Crippen molar-refractivity contribution in [2.24, 2.45) is 5.41 Å². The Balaban J connectivity index is 1.62. The van der Waals surface area contributed by atoms with Crippen LogP contribution in [0.15, 0.2) is 30.3 Å². The predicted octanol–water partition coefficient (Wildman–Crippen LogP) is 2.37. The van der Waals surface area contributed by atoms with Crippen molar-refractivity contribution in [3.05, 3.63) is 30.3 Å². The summed E-state index contributed by atoms with van der Waals surface area (Å²) in [6, 6.07) is 9.94. The number of piperidine rings is 1. The summed E-state index contributed by atoms with van der Waals surface area (Å²) in [5, 5.41) is 0. The molecule has 2 aliphatic rings. The number of likely N-dealkylation sites (N-methyl/N-ethyl adjacent to an activating group) is 1. The Morgan fingerprint density at radius 1 is 1.20 bits per heavy atom. The van der Waals surface area contributed by atoms with Crippen LogP contribution in [0.5, 0.6) is 0 Å². The van der Waals surface area contributed by atoms with E-state index in [-0.39, 0.29) is 17.2 Å². The van der Waals surface area contributed by atoms with E-state index >= 15 is 0 Å². The largest absolute Gasteiger partial charge is 0.365 e. The molecule has 5 nitrogen and oxygen atoms in total. The van der Waals surface area contributed by atoms with Gasteiger partial charge in [0.2, 0.25) is 11.8 Å². The molecule has 136 valence electrons. The van der Waals surface area contributed by atoms with E-state index in [9.17, 15) is 9.59 Å². The summed E-state index contributed by atoms with van der Waals surface area (Å²) in [6.07, 6.45) is 3.78. The molecule has 0 N–H and O–H groups in total. The van der Waals surface area contributed by atoms with Crippen LogP contribution in [0.4, 0.5) is 5.69 Å². The number of rotatable bonds is 5. The average Bonchev–Trinajstić information content (AvgIpc) is 3.05. The summed E-state index contributed by atoms with van der Waals surface area (Å²) in [4.78, 5) is 31.5. The second-order valence-corrected chi connectivity index (χ2v) is 7.43. The molecule has 1 aromatic carbocycles. The third-order valence-electron chi connectivity index (χ3n) is 5.59. The van der Waals surface area contributed by atoms with Crippen molar-refractivity contribution in [1.82, 2.24) is 9.80 Å². The highest BCUT2D eigenvalue weighted by atomic mass is 16.2. The molecule has 0 radical (unpaired) electrons. The number of hydrogen-bond donors (Lipinski definition) is 0. The van der Waals surface area contributed by atoms with Crippen molar-refractivity contribution in [2.45, 2.75) is 32.6 Å². The quantitative estimate of drug-likeness (QED) is 0.824. The molecule has 0 unspecified atom stereocenters. The van der Waals surface area contributed by atoms with Crippen LogP contribution in [-0.4, -0.2) is 61.4 Å². The number of anilines is 1. The number of carbonyl (C=O) groups is 2. The van der Waals surface area contributed by atoms with Crippen molar-refractivity contribution in [3.8, 4) is 0 Å². The maximum atomic E-state index is 12.9. The van der Waals surface area contributed by atoms with Crippen LogP contribution in [0.25, 0.3) is 0 Å². The Labute approximate surface area is 150 Å². The zero-order chi connectivity index (χ0) is 17.9. The molecular formula is C20H29N3O2. The normalized spacial score (nSPS) is 23.4. The van der Waals surface area contributed by atoms with Gasteiger partial charge in [0.1, 0.15) is 0 Å². The van der Waals surface area contributed by atoms with Crippen molar-refractivity contribution in [1.29, 1.82) is 0 Å². The van der Waals surface area contributed by atoms with Crippen LogP contribution in [0, 0.1) is 5.41 Å². The lowest BCUT2D eigenvalue weighted by atomic mass is 9.78. The minimum Gasteiger partial charge on any atom is -0.365 e. The Kier molecular flexibility index (Phi) is 5.30. The van der Waals surface area contributed by atoms with Crippen LogP contribution in [0.1, 0.15) is 32.6 Å². The van der Waals surface area contributed by atoms with E-state index in [1.165, 1.54) is 0 Å². The highest BCUT2D eigenvalue weighted by Crippen LogP contribution is 2.40. The molecule has 2 heterocycles. The molecule has 2 fully saturated rings. The first-order valence-corrected chi connectivity index (χ1v) is 9.39. The lowest BCUT2D eigenvalue weighted by Gasteiger charge is -2.39. The van der Waals surface area contributed by atoms with Gasteiger partial charge in [0.05, 0.1) is 12.0 Å². The van der Waals surface area contributed by atoms with Crippen molar-refractivity contribution < 1.29 is 9.59 Å². The molecule has 1 atom stereocenters. The van der Waals surface area contributed by atoms with E-state index in [4.69, 9.17) is 0 Å². The molecule has 1 spiro atoms. The molecule has 25 heavy (non-hydrogen) atoms. The van der Waals surface area contributed by atoms with Gasteiger partial charge in [-0.1, -0.05) is 25.1 Å². The highest BCUT2D eigenvalue weighted by molar-refractivity contribution is 5.87. The third kappa shape index (κ3) is 3.65. The first-order chi connectivity index (χ1) is 12.1. The molecule has 5 heteroatoms. The smallest absolute Gasteiger partial charge is 0.242 e. The van der Waals surface area contributed by atoms with Gasteiger partial charge in [0, 0.05) is 38.9 Å². The van der Waals surface area contributed by atoms with Gasteiger partial charge in [-0.15, -0.1) is 0 Å². The van der Waals surface area contributed by atoms with Crippen LogP contribution in [0.3, 0.4) is 0 Å². The molecule has 3 rings (SSSR count). The standard InChI is InChI=1S/C20H29N3O2/c1-3-12-22-13-7-10-20(19(22)25)11-14-23(16-20)18(24)15-21(2)17-8-5-4-6-9-17/h4-6,8-9H,3,7,10-16H2,1-2H3/t20-/m1/s1. The molecule has 2 amide bonds. The maximum absolute atomic E-state index is 12.9. The van der Waals surface area contributed by atoms with Gasteiger partial charge in [-0.05, 0) is 37.8 Å². The Morgan fingerprint density at radius 3 is 2.68 bits per heavy atom. The number of hydrogen-bond acceptors (Lipinski definition) is 3. The number of benzene rings is 1. The van der Waals surface area contributed by atoms with E-state index < -0.39 is 0 Å². The molecule has 2 saturated heterocycles. The van der Waals surface area contributed by atoms with E-state index in [0.717, 1.165) is 44.5 Å². The SMILES string of the molecule is CCCN1CCC[C@]2(CCN(C(=O)CN(C)c3ccccc3)C2)C1=O. The van der Waals surface area contributed by atoms with Crippen LogP contribution in [-0.2, 0) is 9.59 Å². The van der Waals surface area contributed by atoms with Crippen LogP contribution < -0.4 is 4.90 Å². The predicted molar refractivity (Wildman–Crippen MR) is 99.4 cm³/mol. The minimum absolute atomic E-state index is 0.114. The fourth-order valence-corrected chi connectivity index (χ4v) is 4.18. The highest BCUT2D eigenvalue weighted by Gasteiger charge is 2.49. The van der Waals surface area contributed by atoms with E-state index in [2.05, 4.69) is 6.92 Å². The number of likely N-dealkylation sites (tertiary alicyclic amines) is 2. The van der Waals surface area contributed by atoms with Gasteiger partial charge in [-0.2, -0.15) is 0 Å². The van der Waals surface area contributed by atoms with Gasteiger partial charge in [-0.25, -0.2) is 0 Å². The topological polar surface area (TPSA) is 43.9 Å². The monoisotopic (exact) mass is 343 g/mol. The second kappa shape index (κ2) is 7.46. The van der Waals surface area contributed by atoms with Crippen LogP contribution >= 0.6 is 0 Å². The summed E-state index contributed by atoms with van der Waals surface area (Å²) < 4.78 is 0. The first-order valence-electron chi connectivity index (χ1n) is 9.39. The van der Waals surface area contributed by atoms with Gasteiger partial charge in [-0.3, -0.25) is 9.59 Å². The van der Waals surface area contributed by atoms with Crippen molar-refractivity contribution in [2.75, 3.05) is 44.7 Å². The molecule has 0 saturated carbocycles. The number of carbonyl (C=O) groups excluding carboxylic acids is 2. The lowest BCUT2D eigenvalue weighted by molar-refractivity contribution is -0.146. The first kappa shape index (κ1) is 17.8. The van der Waals surface area contributed by atoms with Gasteiger partial charge in [0.15, 0.2) is 0 Å². The number of amides is 2. The zero-order valence-corrected chi connectivity index (χ0v) is 15.4. The Morgan fingerprint density at radius 2 is 1.96 bits per heavy atom. The van der Waals surface area contributed by atoms with E-state index in [1.54, 1.807) is 0 Å². The second-order valence-electron chi connectivity index (χ2n) is 7.43. The minimum atomic E-state index is -0.325. The fraction of sp³-hybridized carbons (Fsp3) is 0.600. The van der Waals surface area contributed by atoms with E-state index in [1.807, 2.05) is 52.1 Å². The molecule has 0 bridgehead atoms. The summed E-state index contributed by atoms with van der Waals surface area (Å²) in [6.45, 7) is 5.47. The summed E-state index contributed by atoms with van der Waals surface area (Å²) in [5.74, 6) is 0.385. The Hall–Kier alpha value is -2.04. The lowest BCUT2D eigenvalue weighted by Crippen LogP contribution is -2.51. The fourth-order valence-electron chi connectivity index (χ4n) is 4.18. The molecule has 0 aliphatic carbocycles. The van der Waals surface area contributed by atoms with Gasteiger partial charge >= 0.3 is 0 Å². The third-order valence-corrected chi connectivity index (χ3v) is 5.59. The average molecular weight is 343 g/mol. The van der Waals surface area contributed by atoms with Crippen molar-refractivity contribution in [3.63, 3.8) is 0 Å². The molecule has 0 aromatic heterocycles. The summed E-state index contributed by atoms with van der Waals surface area (Å²) in [5.41, 5.74) is 0.710. The van der Waals surface area contributed by atoms with Gasteiger partial charge < -0.3 is 14.7 Å². The summed E-state index contributed by atoms with van der Waals surface area (Å²) >= 11 is 0. The number of nitrogens with zero attached hydrogens (tertiary/aromatic N) is 3. The maximum Gasteiger partial charge on any atom is 0.242 e. The molecule has 1 aromatic rings. The summed E-state index contributed by atoms with van der Waals surface area (Å²) in [7, 11) is 1.94. The molecule has 2 aliphatic heterocycles. The molecular weight excluding hydrogens is 314 g/mol. The van der Waals surface area contributed by atoms with Gasteiger partial charge in [0.25, 0.3) is 0 Å². The zero-order valence-electron chi connectivity index (χ0n) is 15.4. The van der Waals surface area contributed by atoms with Crippen molar-refractivity contribution >= 4 is 17.5 Å². The van der Waals surface area contributed by atoms with E-state index in [0.29, 0.717) is 19.6 Å². The Bertz CT molecular complexity index is 617.